The molecule has 168 valence electrons. The Labute approximate surface area is 193 Å². The van der Waals surface area contributed by atoms with Gasteiger partial charge in [-0.2, -0.15) is 10.1 Å². The molecule has 1 aromatic heterocycles. The first-order valence-corrected chi connectivity index (χ1v) is 10.7. The monoisotopic (exact) mass is 466 g/mol. The minimum absolute atomic E-state index is 0.0363. The highest BCUT2D eigenvalue weighted by Crippen LogP contribution is 2.33. The molecule has 1 saturated heterocycles. The summed E-state index contributed by atoms with van der Waals surface area (Å²) >= 11 is 6.02. The summed E-state index contributed by atoms with van der Waals surface area (Å²) < 4.78 is 11.0. The molecule has 0 N–H and O–H groups in total. The lowest BCUT2D eigenvalue weighted by atomic mass is 10.1. The lowest BCUT2D eigenvalue weighted by Gasteiger charge is -2.19. The summed E-state index contributed by atoms with van der Waals surface area (Å²) in [5, 5.41) is 13.8. The smallest absolute Gasteiger partial charge is 0.263 e. The van der Waals surface area contributed by atoms with E-state index in [0.29, 0.717) is 16.5 Å². The van der Waals surface area contributed by atoms with Crippen LogP contribution in [0.4, 0.5) is 5.69 Å². The zero-order valence-corrected chi connectivity index (χ0v) is 18.5. The van der Waals surface area contributed by atoms with Crippen LogP contribution in [0.5, 0.6) is 5.75 Å². The van der Waals surface area contributed by atoms with E-state index in [0.717, 1.165) is 16.2 Å². The molecule has 0 bridgehead atoms. The van der Waals surface area contributed by atoms with E-state index in [4.69, 9.17) is 20.9 Å². The topological polar surface area (TPSA) is 113 Å². The van der Waals surface area contributed by atoms with E-state index in [1.165, 1.54) is 5.01 Å². The number of aromatic nitrogens is 2. The fourth-order valence-electron chi connectivity index (χ4n) is 3.75. The Bertz CT molecular complexity index is 1240. The molecule has 33 heavy (non-hydrogen) atoms. The van der Waals surface area contributed by atoms with Crippen LogP contribution >= 0.6 is 11.6 Å². The summed E-state index contributed by atoms with van der Waals surface area (Å²) in [5.41, 5.74) is 1.15. The molecule has 2 amide bonds. The maximum absolute atomic E-state index is 13.1. The minimum atomic E-state index is -0.924. The molecule has 2 atom stereocenters. The Morgan fingerprint density at radius 1 is 1.12 bits per heavy atom. The van der Waals surface area contributed by atoms with E-state index < -0.39 is 23.9 Å². The summed E-state index contributed by atoms with van der Waals surface area (Å²) in [6, 6.07) is 12.1. The van der Waals surface area contributed by atoms with Gasteiger partial charge in [-0.15, -0.1) is 0 Å². The van der Waals surface area contributed by atoms with Gasteiger partial charge in [-0.1, -0.05) is 28.0 Å². The van der Waals surface area contributed by atoms with Crippen LogP contribution in [-0.4, -0.2) is 45.2 Å². The lowest BCUT2D eigenvalue weighted by molar-refractivity contribution is -0.123. The van der Waals surface area contributed by atoms with Gasteiger partial charge in [0.05, 0.1) is 11.8 Å². The van der Waals surface area contributed by atoms with Gasteiger partial charge in [0.1, 0.15) is 12.3 Å². The van der Waals surface area contributed by atoms with E-state index in [9.17, 15) is 9.59 Å². The molecule has 11 heteroatoms. The van der Waals surface area contributed by atoms with Crippen molar-refractivity contribution in [3.05, 3.63) is 59.4 Å². The second-order valence-corrected chi connectivity index (χ2v) is 8.32. The van der Waals surface area contributed by atoms with E-state index in [2.05, 4.69) is 20.5 Å². The van der Waals surface area contributed by atoms with Crippen molar-refractivity contribution < 1.29 is 18.8 Å². The van der Waals surface area contributed by atoms with E-state index >= 15 is 0 Å². The van der Waals surface area contributed by atoms with Crippen LogP contribution in [0.1, 0.15) is 19.7 Å². The number of ether oxygens (including phenoxy) is 1. The average molecular weight is 467 g/mol. The highest BCUT2D eigenvalue weighted by atomic mass is 35.5. The molecule has 0 aliphatic carbocycles. The SMILES string of the molecule is CC(C)Oc1ccc(-c2noc(CN3N=NC4C(=O)N(c5cccc(Cl)c5)C(=O)C43)n2)cc1. The van der Waals surface area contributed by atoms with Crippen molar-refractivity contribution in [3.63, 3.8) is 0 Å². The van der Waals surface area contributed by atoms with Gasteiger partial charge in [0.2, 0.25) is 11.7 Å². The summed E-state index contributed by atoms with van der Waals surface area (Å²) in [4.78, 5) is 31.4. The Hall–Kier alpha value is -3.79. The van der Waals surface area contributed by atoms with Gasteiger partial charge in [0.25, 0.3) is 11.8 Å². The minimum Gasteiger partial charge on any atom is -0.491 e. The number of nitrogens with zero attached hydrogens (tertiary/aromatic N) is 6. The number of hydrogen-bond donors (Lipinski definition) is 0. The van der Waals surface area contributed by atoms with Crippen LogP contribution in [0.3, 0.4) is 0 Å². The summed E-state index contributed by atoms with van der Waals surface area (Å²) in [7, 11) is 0. The predicted octanol–water partition coefficient (Wildman–Crippen LogP) is 3.67. The molecule has 2 aliphatic rings. The second-order valence-electron chi connectivity index (χ2n) is 7.89. The van der Waals surface area contributed by atoms with Crippen molar-refractivity contribution >= 4 is 29.1 Å². The number of rotatable bonds is 6. The molecule has 3 aromatic rings. The quantitative estimate of drug-likeness (QED) is 0.509. The van der Waals surface area contributed by atoms with E-state index in [1.54, 1.807) is 24.3 Å². The van der Waals surface area contributed by atoms with Gasteiger partial charge >= 0.3 is 0 Å². The molecule has 0 radical (unpaired) electrons. The first-order chi connectivity index (χ1) is 15.9. The molecule has 2 aliphatic heterocycles. The first-order valence-electron chi connectivity index (χ1n) is 10.3. The third-order valence-electron chi connectivity index (χ3n) is 5.17. The van der Waals surface area contributed by atoms with Crippen molar-refractivity contribution in [1.82, 2.24) is 15.1 Å². The third-order valence-corrected chi connectivity index (χ3v) is 5.41. The maximum atomic E-state index is 13.1. The molecule has 2 aromatic carbocycles. The fraction of sp³-hybridized carbons (Fsp3) is 0.273. The van der Waals surface area contributed by atoms with Crippen molar-refractivity contribution in [2.75, 3.05) is 4.90 Å². The van der Waals surface area contributed by atoms with Gasteiger partial charge in [-0.05, 0) is 56.3 Å². The predicted molar refractivity (Wildman–Crippen MR) is 117 cm³/mol. The number of anilines is 1. The number of halogens is 1. The largest absolute Gasteiger partial charge is 0.491 e. The highest BCUT2D eigenvalue weighted by molar-refractivity contribution is 6.31. The third kappa shape index (κ3) is 3.93. The number of imide groups is 1. The van der Waals surface area contributed by atoms with Crippen LogP contribution in [0.2, 0.25) is 5.02 Å². The summed E-state index contributed by atoms with van der Waals surface area (Å²) in [6.07, 6.45) is 0.0751. The number of carbonyl (C=O) groups is 2. The zero-order chi connectivity index (χ0) is 23.1. The van der Waals surface area contributed by atoms with Crippen LogP contribution in [0, 0.1) is 0 Å². The average Bonchev–Trinajstić information content (AvgIpc) is 3.47. The summed E-state index contributed by atoms with van der Waals surface area (Å²) in [5.74, 6) is 0.498. The normalized spacial score (nSPS) is 19.6. The van der Waals surface area contributed by atoms with Crippen LogP contribution in [0.25, 0.3) is 11.4 Å². The van der Waals surface area contributed by atoms with E-state index in [-0.39, 0.29) is 18.5 Å². The molecular formula is C22H19ClN6O4. The van der Waals surface area contributed by atoms with Crippen LogP contribution in [0.15, 0.2) is 63.4 Å². The van der Waals surface area contributed by atoms with Crippen molar-refractivity contribution in [1.29, 1.82) is 0 Å². The van der Waals surface area contributed by atoms with Crippen molar-refractivity contribution in [3.8, 4) is 17.1 Å². The van der Waals surface area contributed by atoms with Gasteiger partial charge in [-0.3, -0.25) is 14.6 Å². The van der Waals surface area contributed by atoms with Crippen LogP contribution < -0.4 is 9.64 Å². The number of hydrogen-bond acceptors (Lipinski definition) is 9. The van der Waals surface area contributed by atoms with Crippen molar-refractivity contribution in [2.45, 2.75) is 38.6 Å². The molecule has 5 rings (SSSR count). The Balaban J connectivity index is 1.31. The summed E-state index contributed by atoms with van der Waals surface area (Å²) in [6.45, 7) is 3.95. The molecular weight excluding hydrogens is 448 g/mol. The maximum Gasteiger partial charge on any atom is 0.263 e. The molecule has 10 nitrogen and oxygen atoms in total. The fourth-order valence-corrected chi connectivity index (χ4v) is 3.94. The van der Waals surface area contributed by atoms with Crippen LogP contribution in [-0.2, 0) is 16.1 Å². The standard InChI is InChI=1S/C22H19ClN6O4/c1-12(2)32-16-8-6-13(7-9-16)20-24-17(33-26-20)11-28-19-18(25-27-28)21(30)29(22(19)31)15-5-3-4-14(23)10-15/h3-10,12,18-19H,11H2,1-2H3. The van der Waals surface area contributed by atoms with E-state index in [1.807, 2.05) is 38.1 Å². The molecule has 3 heterocycles. The Kier molecular flexibility index (Phi) is 5.29. The van der Waals surface area contributed by atoms with Gasteiger partial charge in [-0.25, -0.2) is 4.90 Å². The number of carbonyl (C=O) groups excluding carboxylic acids is 2. The molecule has 2 unspecified atom stereocenters. The van der Waals surface area contributed by atoms with Gasteiger partial charge in [0.15, 0.2) is 12.1 Å². The lowest BCUT2D eigenvalue weighted by Crippen LogP contribution is -2.39. The number of benzene rings is 2. The van der Waals surface area contributed by atoms with Gasteiger partial charge < -0.3 is 9.26 Å². The van der Waals surface area contributed by atoms with Crippen molar-refractivity contribution in [2.24, 2.45) is 10.3 Å². The zero-order valence-electron chi connectivity index (χ0n) is 17.8. The Morgan fingerprint density at radius 3 is 2.64 bits per heavy atom. The number of fused-ring (bicyclic) bond motifs is 1. The Morgan fingerprint density at radius 2 is 1.91 bits per heavy atom. The molecule has 1 fully saturated rings. The molecule has 0 saturated carbocycles. The van der Waals surface area contributed by atoms with Gasteiger partial charge in [0, 0.05) is 10.6 Å². The highest BCUT2D eigenvalue weighted by Gasteiger charge is 2.55. The first kappa shape index (κ1) is 21.1. The second kappa shape index (κ2) is 8.28. The molecule has 0 spiro atoms. The number of amides is 2.